The summed E-state index contributed by atoms with van der Waals surface area (Å²) in [6, 6.07) is 11.0. The first kappa shape index (κ1) is 20.4. The van der Waals surface area contributed by atoms with Crippen molar-refractivity contribution in [2.45, 2.75) is 12.3 Å². The van der Waals surface area contributed by atoms with Crippen LogP contribution in [0.4, 0.5) is 4.39 Å². The molecule has 7 nitrogen and oxygen atoms in total. The molecule has 152 valence electrons. The maximum atomic E-state index is 13.2. The highest BCUT2D eigenvalue weighted by molar-refractivity contribution is 7.81. The third-order valence-corrected chi connectivity index (χ3v) is 5.09. The highest BCUT2D eigenvalue weighted by Crippen LogP contribution is 2.34. The Bertz CT molecular complexity index is 903. The number of benzene rings is 2. The van der Waals surface area contributed by atoms with Crippen molar-refractivity contribution < 1.29 is 31.0 Å². The standard InChI is InChI=1S/C19H22FNO6S/c1-25-18-7-6-16(10-19(18)27-28(22,23)24)26-12-14-11-21-9-8-17(14)13-2-4-15(20)5-3-13/h2-7,10,14,17,21H,8-9,11-12H2,1H3,(H,22,23,24)/t14-,17-/m0/s1. The summed E-state index contributed by atoms with van der Waals surface area (Å²) in [5.41, 5.74) is 1.06. The predicted octanol–water partition coefficient (Wildman–Crippen LogP) is 2.79. The van der Waals surface area contributed by atoms with Crippen LogP contribution in [0.5, 0.6) is 17.2 Å². The second kappa shape index (κ2) is 8.76. The summed E-state index contributed by atoms with van der Waals surface area (Å²) < 4.78 is 59.6. The van der Waals surface area contributed by atoms with Crippen LogP contribution in [0.15, 0.2) is 42.5 Å². The Morgan fingerprint density at radius 3 is 2.61 bits per heavy atom. The molecular formula is C19H22FNO6S. The Balaban J connectivity index is 1.72. The molecule has 2 aromatic carbocycles. The van der Waals surface area contributed by atoms with E-state index in [-0.39, 0.29) is 29.2 Å². The number of hydrogen-bond donors (Lipinski definition) is 2. The number of nitrogens with one attached hydrogen (secondary N) is 1. The zero-order valence-electron chi connectivity index (χ0n) is 15.3. The minimum Gasteiger partial charge on any atom is -0.493 e. The van der Waals surface area contributed by atoms with Crippen LogP contribution in [0.1, 0.15) is 17.9 Å². The summed E-state index contributed by atoms with van der Waals surface area (Å²) in [6.07, 6.45) is 0.902. The molecule has 1 saturated heterocycles. The summed E-state index contributed by atoms with van der Waals surface area (Å²) in [6.45, 7) is 1.98. The lowest BCUT2D eigenvalue weighted by atomic mass is 9.81. The average molecular weight is 411 g/mol. The molecule has 0 bridgehead atoms. The molecule has 1 aliphatic rings. The van der Waals surface area contributed by atoms with Crippen LogP contribution in [0.3, 0.4) is 0 Å². The molecule has 9 heteroatoms. The Morgan fingerprint density at radius 1 is 1.18 bits per heavy atom. The van der Waals surface area contributed by atoms with Crippen molar-refractivity contribution in [2.24, 2.45) is 5.92 Å². The molecule has 1 fully saturated rings. The Hall–Kier alpha value is -2.36. The first-order valence-electron chi connectivity index (χ1n) is 8.79. The van der Waals surface area contributed by atoms with Gasteiger partial charge in [0.15, 0.2) is 11.5 Å². The van der Waals surface area contributed by atoms with Gasteiger partial charge < -0.3 is 19.0 Å². The third-order valence-electron chi connectivity index (χ3n) is 4.70. The van der Waals surface area contributed by atoms with E-state index in [1.54, 1.807) is 18.2 Å². The lowest BCUT2D eigenvalue weighted by Crippen LogP contribution is -2.38. The third kappa shape index (κ3) is 5.34. The van der Waals surface area contributed by atoms with Crippen LogP contribution >= 0.6 is 0 Å². The minimum absolute atomic E-state index is 0.146. The van der Waals surface area contributed by atoms with Gasteiger partial charge in [-0.3, -0.25) is 4.55 Å². The van der Waals surface area contributed by atoms with E-state index in [2.05, 4.69) is 9.50 Å². The second-order valence-corrected chi connectivity index (χ2v) is 7.57. The largest absolute Gasteiger partial charge is 0.493 e. The Kier molecular flexibility index (Phi) is 6.38. The molecule has 0 aromatic heterocycles. The maximum Gasteiger partial charge on any atom is 0.446 e. The van der Waals surface area contributed by atoms with Gasteiger partial charge in [0.2, 0.25) is 0 Å². The molecule has 2 N–H and O–H groups in total. The molecule has 0 spiro atoms. The topological polar surface area (TPSA) is 94.1 Å². The lowest BCUT2D eigenvalue weighted by Gasteiger charge is -2.32. The molecule has 0 aliphatic carbocycles. The molecule has 1 heterocycles. The van der Waals surface area contributed by atoms with Crippen molar-refractivity contribution in [1.29, 1.82) is 0 Å². The van der Waals surface area contributed by atoms with E-state index in [9.17, 15) is 12.8 Å². The van der Waals surface area contributed by atoms with Crippen molar-refractivity contribution in [2.75, 3.05) is 26.8 Å². The molecule has 1 aliphatic heterocycles. The smallest absolute Gasteiger partial charge is 0.446 e. The van der Waals surface area contributed by atoms with Gasteiger partial charge in [-0.15, -0.1) is 0 Å². The van der Waals surface area contributed by atoms with Gasteiger partial charge in [-0.2, -0.15) is 8.42 Å². The zero-order chi connectivity index (χ0) is 20.1. The number of ether oxygens (including phenoxy) is 2. The number of hydrogen-bond acceptors (Lipinski definition) is 6. The summed E-state index contributed by atoms with van der Waals surface area (Å²) in [4.78, 5) is 0. The molecule has 0 unspecified atom stereocenters. The molecule has 0 saturated carbocycles. The quantitative estimate of drug-likeness (QED) is 0.677. The number of rotatable bonds is 7. The van der Waals surface area contributed by atoms with Crippen molar-refractivity contribution in [1.82, 2.24) is 5.32 Å². The number of halogens is 1. The monoisotopic (exact) mass is 411 g/mol. The van der Waals surface area contributed by atoms with E-state index in [1.165, 1.54) is 31.4 Å². The first-order chi connectivity index (χ1) is 13.4. The second-order valence-electron chi connectivity index (χ2n) is 6.55. The van der Waals surface area contributed by atoms with Crippen molar-refractivity contribution in [3.05, 3.63) is 53.8 Å². The molecule has 0 radical (unpaired) electrons. The van der Waals surface area contributed by atoms with Crippen LogP contribution in [0, 0.1) is 11.7 Å². The first-order valence-corrected chi connectivity index (χ1v) is 10.2. The summed E-state index contributed by atoms with van der Waals surface area (Å²) in [5.74, 6) is 0.451. The number of piperidine rings is 1. The molecule has 28 heavy (non-hydrogen) atoms. The van der Waals surface area contributed by atoms with Crippen LogP contribution in [-0.2, 0) is 10.4 Å². The zero-order valence-corrected chi connectivity index (χ0v) is 16.1. The fourth-order valence-corrected chi connectivity index (χ4v) is 3.73. The van der Waals surface area contributed by atoms with Gasteiger partial charge in [-0.05, 0) is 48.7 Å². The lowest BCUT2D eigenvalue weighted by molar-refractivity contribution is 0.196. The summed E-state index contributed by atoms with van der Waals surface area (Å²) in [5, 5.41) is 3.33. The van der Waals surface area contributed by atoms with Gasteiger partial charge in [-0.25, -0.2) is 4.39 Å². The predicted molar refractivity (Wildman–Crippen MR) is 101 cm³/mol. The molecule has 0 amide bonds. The van der Waals surface area contributed by atoms with Gasteiger partial charge >= 0.3 is 10.4 Å². The van der Waals surface area contributed by atoms with Gasteiger partial charge in [0.1, 0.15) is 11.6 Å². The van der Waals surface area contributed by atoms with Gasteiger partial charge in [0.25, 0.3) is 0 Å². The van der Waals surface area contributed by atoms with Crippen molar-refractivity contribution >= 4 is 10.4 Å². The fourth-order valence-electron chi connectivity index (χ4n) is 3.38. The van der Waals surface area contributed by atoms with Gasteiger partial charge in [0, 0.05) is 18.5 Å². The van der Waals surface area contributed by atoms with E-state index in [0.29, 0.717) is 12.4 Å². The van der Waals surface area contributed by atoms with Gasteiger partial charge in [0.05, 0.1) is 13.7 Å². The van der Waals surface area contributed by atoms with Crippen molar-refractivity contribution in [3.8, 4) is 17.2 Å². The van der Waals surface area contributed by atoms with Crippen LogP contribution < -0.4 is 19.0 Å². The van der Waals surface area contributed by atoms with E-state index in [1.807, 2.05) is 0 Å². The van der Waals surface area contributed by atoms with Crippen molar-refractivity contribution in [3.63, 3.8) is 0 Å². The average Bonchev–Trinajstić information content (AvgIpc) is 2.66. The molecule has 3 rings (SSSR count). The van der Waals surface area contributed by atoms with Crippen LogP contribution in [0.25, 0.3) is 0 Å². The fraction of sp³-hybridized carbons (Fsp3) is 0.368. The summed E-state index contributed by atoms with van der Waals surface area (Å²) >= 11 is 0. The summed E-state index contributed by atoms with van der Waals surface area (Å²) in [7, 11) is -3.33. The Morgan fingerprint density at radius 2 is 1.93 bits per heavy atom. The Labute approximate surface area is 163 Å². The normalized spacial score (nSPS) is 19.8. The van der Waals surface area contributed by atoms with Crippen LogP contribution in [-0.4, -0.2) is 39.8 Å². The number of methoxy groups -OCH3 is 1. The van der Waals surface area contributed by atoms with Gasteiger partial charge in [-0.1, -0.05) is 12.1 Å². The maximum absolute atomic E-state index is 13.2. The molecular weight excluding hydrogens is 389 g/mol. The minimum atomic E-state index is -4.69. The van der Waals surface area contributed by atoms with Crippen LogP contribution in [0.2, 0.25) is 0 Å². The van der Waals surface area contributed by atoms with E-state index >= 15 is 0 Å². The van der Waals surface area contributed by atoms with E-state index < -0.39 is 10.4 Å². The highest BCUT2D eigenvalue weighted by Gasteiger charge is 2.27. The van der Waals surface area contributed by atoms with E-state index in [0.717, 1.165) is 25.1 Å². The van der Waals surface area contributed by atoms with E-state index in [4.69, 9.17) is 14.0 Å². The molecule has 2 aromatic rings. The molecule has 2 atom stereocenters. The SMILES string of the molecule is COc1ccc(OC[C@@H]2CNCC[C@H]2c2ccc(F)cc2)cc1OS(=O)(=O)O. The highest BCUT2D eigenvalue weighted by atomic mass is 32.3.